The standard InChI is InChI=1S/C18H30F3N3O4/c1-4-22-16(26)15(11(2)3)23-14(25)6-5-8-24-9-7-12(17(27)28)10-13(24)18(19,20)21/h11-13,15H,4-10H2,1-3H3,(H,22,26)(H,23,25)(H,27,28)/t12?,13?,15-/m0/s1. The summed E-state index contributed by atoms with van der Waals surface area (Å²) < 4.78 is 39.8. The molecule has 1 fully saturated rings. The van der Waals surface area contributed by atoms with Gasteiger partial charge in [-0.05, 0) is 45.2 Å². The van der Waals surface area contributed by atoms with Crippen LogP contribution in [0.2, 0.25) is 0 Å². The first kappa shape index (κ1) is 24.2. The maximum atomic E-state index is 13.3. The number of rotatable bonds is 9. The van der Waals surface area contributed by atoms with E-state index in [4.69, 9.17) is 5.11 Å². The van der Waals surface area contributed by atoms with E-state index in [0.717, 1.165) is 0 Å². The van der Waals surface area contributed by atoms with Gasteiger partial charge in [-0.15, -0.1) is 0 Å². The molecule has 7 nitrogen and oxygen atoms in total. The highest BCUT2D eigenvalue weighted by molar-refractivity contribution is 5.87. The van der Waals surface area contributed by atoms with Crippen LogP contribution in [-0.2, 0) is 14.4 Å². The Morgan fingerprint density at radius 2 is 1.89 bits per heavy atom. The maximum Gasteiger partial charge on any atom is 0.404 e. The van der Waals surface area contributed by atoms with Crippen LogP contribution in [0, 0.1) is 11.8 Å². The predicted molar refractivity (Wildman–Crippen MR) is 96.5 cm³/mol. The van der Waals surface area contributed by atoms with Gasteiger partial charge < -0.3 is 15.7 Å². The summed E-state index contributed by atoms with van der Waals surface area (Å²) >= 11 is 0. The number of alkyl halides is 3. The summed E-state index contributed by atoms with van der Waals surface area (Å²) in [5, 5.41) is 14.3. The molecule has 0 aromatic carbocycles. The molecule has 2 unspecified atom stereocenters. The molecule has 0 aromatic rings. The number of nitrogens with one attached hydrogen (secondary N) is 2. The minimum absolute atomic E-state index is 0.00788. The van der Waals surface area contributed by atoms with Crippen LogP contribution in [0.3, 0.4) is 0 Å². The smallest absolute Gasteiger partial charge is 0.404 e. The number of halogens is 3. The number of hydrogen-bond acceptors (Lipinski definition) is 4. The van der Waals surface area contributed by atoms with Crippen LogP contribution in [0.5, 0.6) is 0 Å². The molecule has 10 heteroatoms. The van der Waals surface area contributed by atoms with Gasteiger partial charge in [0.1, 0.15) is 12.1 Å². The molecule has 0 aliphatic carbocycles. The topological polar surface area (TPSA) is 98.7 Å². The molecule has 3 N–H and O–H groups in total. The second-order valence-electron chi connectivity index (χ2n) is 7.44. The van der Waals surface area contributed by atoms with E-state index in [0.29, 0.717) is 6.54 Å². The first-order valence-electron chi connectivity index (χ1n) is 9.58. The lowest BCUT2D eigenvalue weighted by molar-refractivity contribution is -0.197. The van der Waals surface area contributed by atoms with E-state index in [1.54, 1.807) is 20.8 Å². The van der Waals surface area contributed by atoms with E-state index in [1.165, 1.54) is 4.90 Å². The number of piperidine rings is 1. The SMILES string of the molecule is CCNC(=O)[C@@H](NC(=O)CCCN1CCC(C(=O)O)CC1C(F)(F)F)C(C)C. The predicted octanol–water partition coefficient (Wildman–Crippen LogP) is 1.77. The molecule has 28 heavy (non-hydrogen) atoms. The van der Waals surface area contributed by atoms with Gasteiger partial charge in [0.25, 0.3) is 0 Å². The highest BCUT2D eigenvalue weighted by Gasteiger charge is 2.47. The second kappa shape index (κ2) is 10.6. The van der Waals surface area contributed by atoms with Crippen molar-refractivity contribution in [1.82, 2.24) is 15.5 Å². The summed E-state index contributed by atoms with van der Waals surface area (Å²) in [6.07, 6.45) is -4.65. The number of likely N-dealkylation sites (tertiary alicyclic amines) is 1. The second-order valence-corrected chi connectivity index (χ2v) is 7.44. The van der Waals surface area contributed by atoms with Crippen molar-refractivity contribution in [2.24, 2.45) is 11.8 Å². The quantitative estimate of drug-likeness (QED) is 0.539. The molecule has 3 atom stereocenters. The van der Waals surface area contributed by atoms with E-state index < -0.39 is 42.5 Å². The number of carbonyl (C=O) groups is 3. The van der Waals surface area contributed by atoms with Crippen LogP contribution < -0.4 is 10.6 Å². The Bertz CT molecular complexity index is 555. The molecule has 1 rings (SSSR count). The summed E-state index contributed by atoms with van der Waals surface area (Å²) in [4.78, 5) is 36.3. The van der Waals surface area contributed by atoms with Crippen molar-refractivity contribution in [2.45, 2.75) is 64.7 Å². The molecular formula is C18H30F3N3O4. The Morgan fingerprint density at radius 3 is 2.39 bits per heavy atom. The highest BCUT2D eigenvalue weighted by atomic mass is 19.4. The van der Waals surface area contributed by atoms with Crippen LogP contribution in [-0.4, -0.2) is 65.7 Å². The Morgan fingerprint density at radius 1 is 1.25 bits per heavy atom. The average molecular weight is 409 g/mol. The third-order valence-corrected chi connectivity index (χ3v) is 4.91. The fourth-order valence-electron chi connectivity index (χ4n) is 3.35. The number of hydrogen-bond donors (Lipinski definition) is 3. The van der Waals surface area contributed by atoms with Crippen molar-refractivity contribution < 1.29 is 32.7 Å². The number of carboxylic acid groups (broad SMARTS) is 1. The highest BCUT2D eigenvalue weighted by Crippen LogP contribution is 2.34. The molecule has 162 valence electrons. The Kier molecular flexibility index (Phi) is 9.19. The lowest BCUT2D eigenvalue weighted by Crippen LogP contribution is -2.52. The van der Waals surface area contributed by atoms with Gasteiger partial charge in [0, 0.05) is 13.0 Å². The van der Waals surface area contributed by atoms with Gasteiger partial charge in [-0.1, -0.05) is 13.8 Å². The van der Waals surface area contributed by atoms with Crippen molar-refractivity contribution >= 4 is 17.8 Å². The van der Waals surface area contributed by atoms with Gasteiger partial charge in [-0.25, -0.2) is 0 Å². The molecular weight excluding hydrogens is 379 g/mol. The Hall–Kier alpha value is -1.84. The zero-order chi connectivity index (χ0) is 21.5. The number of aliphatic carboxylic acids is 1. The molecule has 1 aliphatic heterocycles. The van der Waals surface area contributed by atoms with E-state index in [9.17, 15) is 27.6 Å². The number of nitrogens with zero attached hydrogens (tertiary/aromatic N) is 1. The summed E-state index contributed by atoms with van der Waals surface area (Å²) in [6, 6.07) is -2.51. The van der Waals surface area contributed by atoms with Gasteiger partial charge in [-0.2, -0.15) is 13.2 Å². The Balaban J connectivity index is 2.57. The molecule has 0 saturated carbocycles. The van der Waals surface area contributed by atoms with Crippen LogP contribution in [0.15, 0.2) is 0 Å². The lowest BCUT2D eigenvalue weighted by Gasteiger charge is -2.39. The molecule has 0 radical (unpaired) electrons. The molecule has 0 aromatic heterocycles. The van der Waals surface area contributed by atoms with Gasteiger partial charge in [0.2, 0.25) is 11.8 Å². The van der Waals surface area contributed by atoms with E-state index in [-0.39, 0.29) is 44.2 Å². The molecule has 1 aliphatic rings. The monoisotopic (exact) mass is 409 g/mol. The molecule has 0 bridgehead atoms. The molecule has 1 saturated heterocycles. The largest absolute Gasteiger partial charge is 0.481 e. The van der Waals surface area contributed by atoms with Gasteiger partial charge in [0.15, 0.2) is 0 Å². The number of amides is 2. The van der Waals surface area contributed by atoms with Gasteiger partial charge in [0.05, 0.1) is 5.92 Å². The normalized spacial score (nSPS) is 22.0. The molecule has 0 spiro atoms. The van der Waals surface area contributed by atoms with E-state index in [1.807, 2.05) is 0 Å². The van der Waals surface area contributed by atoms with Gasteiger partial charge >= 0.3 is 12.1 Å². The maximum absolute atomic E-state index is 13.3. The van der Waals surface area contributed by atoms with Gasteiger partial charge in [-0.3, -0.25) is 19.3 Å². The van der Waals surface area contributed by atoms with E-state index in [2.05, 4.69) is 10.6 Å². The summed E-state index contributed by atoms with van der Waals surface area (Å²) in [7, 11) is 0. The number of carboxylic acids is 1. The fraction of sp³-hybridized carbons (Fsp3) is 0.833. The third-order valence-electron chi connectivity index (χ3n) is 4.91. The van der Waals surface area contributed by atoms with Crippen LogP contribution in [0.4, 0.5) is 13.2 Å². The van der Waals surface area contributed by atoms with Crippen molar-refractivity contribution in [3.05, 3.63) is 0 Å². The first-order chi connectivity index (χ1) is 13.0. The zero-order valence-corrected chi connectivity index (χ0v) is 16.5. The summed E-state index contributed by atoms with van der Waals surface area (Å²) in [6.45, 7) is 5.85. The number of carbonyl (C=O) groups excluding carboxylic acids is 2. The molecule has 2 amide bonds. The Labute approximate surface area is 163 Å². The minimum atomic E-state index is -4.52. The van der Waals surface area contributed by atoms with Crippen LogP contribution in [0.1, 0.15) is 46.5 Å². The fourth-order valence-corrected chi connectivity index (χ4v) is 3.35. The lowest BCUT2D eigenvalue weighted by atomic mass is 9.90. The van der Waals surface area contributed by atoms with Crippen molar-refractivity contribution in [3.63, 3.8) is 0 Å². The molecule has 1 heterocycles. The average Bonchev–Trinajstić information content (AvgIpc) is 2.58. The van der Waals surface area contributed by atoms with Crippen molar-refractivity contribution in [3.8, 4) is 0 Å². The van der Waals surface area contributed by atoms with E-state index >= 15 is 0 Å². The summed E-state index contributed by atoms with van der Waals surface area (Å²) in [5.41, 5.74) is 0. The summed E-state index contributed by atoms with van der Waals surface area (Å²) in [5.74, 6) is -3.03. The van der Waals surface area contributed by atoms with Crippen LogP contribution >= 0.6 is 0 Å². The van der Waals surface area contributed by atoms with Crippen molar-refractivity contribution in [2.75, 3.05) is 19.6 Å². The third kappa shape index (κ3) is 7.29. The number of likely N-dealkylation sites (N-methyl/N-ethyl adjacent to an activating group) is 1. The van der Waals surface area contributed by atoms with Crippen LogP contribution in [0.25, 0.3) is 0 Å². The first-order valence-corrected chi connectivity index (χ1v) is 9.58. The minimum Gasteiger partial charge on any atom is -0.481 e. The van der Waals surface area contributed by atoms with Crippen molar-refractivity contribution in [1.29, 1.82) is 0 Å². The zero-order valence-electron chi connectivity index (χ0n) is 16.5.